The molecule has 0 aromatic rings. The molecule has 0 aromatic heterocycles. The van der Waals surface area contributed by atoms with Crippen LogP contribution in [0.3, 0.4) is 0 Å². The molecule has 1 rings (SSSR count). The average Bonchev–Trinajstić information content (AvgIpc) is 2.28. The highest BCUT2D eigenvalue weighted by atomic mass is 16.6. The zero-order valence-corrected chi connectivity index (χ0v) is 11.9. The van der Waals surface area contributed by atoms with Crippen LogP contribution >= 0.6 is 0 Å². The first-order valence-electron chi connectivity index (χ1n) is 6.28. The molecule has 0 saturated carbocycles. The van der Waals surface area contributed by atoms with Gasteiger partial charge in [0.25, 0.3) is 0 Å². The first-order chi connectivity index (χ1) is 8.65. The third kappa shape index (κ3) is 5.18. The lowest BCUT2D eigenvalue weighted by atomic mass is 9.91. The number of hydrogen-bond donors (Lipinski definition) is 3. The van der Waals surface area contributed by atoms with Crippen molar-refractivity contribution < 1.29 is 24.5 Å². The van der Waals surface area contributed by atoms with Gasteiger partial charge in [0.05, 0.1) is 19.3 Å². The first-order valence-corrected chi connectivity index (χ1v) is 6.28. The van der Waals surface area contributed by atoms with E-state index in [2.05, 4.69) is 5.32 Å². The molecule has 1 aliphatic heterocycles. The number of aliphatic hydroxyl groups is 2. The van der Waals surface area contributed by atoms with Crippen molar-refractivity contribution in [2.24, 2.45) is 0 Å². The van der Waals surface area contributed by atoms with Gasteiger partial charge in [-0.05, 0) is 33.3 Å². The van der Waals surface area contributed by atoms with Gasteiger partial charge in [0, 0.05) is 12.6 Å². The summed E-state index contributed by atoms with van der Waals surface area (Å²) in [4.78, 5) is 11.5. The fourth-order valence-corrected chi connectivity index (χ4v) is 1.69. The summed E-state index contributed by atoms with van der Waals surface area (Å²) in [7, 11) is 0. The second-order valence-corrected chi connectivity index (χ2v) is 5.88. The van der Waals surface area contributed by atoms with Gasteiger partial charge in [-0.1, -0.05) is 0 Å². The van der Waals surface area contributed by atoms with Crippen molar-refractivity contribution >= 4 is 6.09 Å². The molecule has 110 valence electrons. The Bertz CT molecular complexity index is 361. The Hall–Kier alpha value is -1.11. The standard InChI is InChI=1S/C13H23NO5/c1-9-10(5-13(17,7-15)8-18-9)6-14-11(16)19-12(2,3)4/h6,9,15,17H,5,7-8H2,1-4H3,(H,14,16)/b10-6+. The lowest BCUT2D eigenvalue weighted by Crippen LogP contribution is -2.45. The Balaban J connectivity index is 2.62. The van der Waals surface area contributed by atoms with Gasteiger partial charge in [-0.3, -0.25) is 5.32 Å². The van der Waals surface area contributed by atoms with Gasteiger partial charge in [0.15, 0.2) is 0 Å². The maximum absolute atomic E-state index is 11.5. The van der Waals surface area contributed by atoms with Gasteiger partial charge in [0.2, 0.25) is 0 Å². The molecule has 0 bridgehead atoms. The summed E-state index contributed by atoms with van der Waals surface area (Å²) < 4.78 is 10.5. The molecule has 1 amide bonds. The van der Waals surface area contributed by atoms with Gasteiger partial charge >= 0.3 is 6.09 Å². The predicted octanol–water partition coefficient (Wildman–Crippen LogP) is 0.927. The van der Waals surface area contributed by atoms with Gasteiger partial charge < -0.3 is 19.7 Å². The van der Waals surface area contributed by atoms with E-state index in [0.29, 0.717) is 5.57 Å². The summed E-state index contributed by atoms with van der Waals surface area (Å²) in [6.07, 6.45) is 0.936. The van der Waals surface area contributed by atoms with Crippen LogP contribution < -0.4 is 5.32 Å². The van der Waals surface area contributed by atoms with Crippen molar-refractivity contribution in [1.29, 1.82) is 0 Å². The zero-order valence-electron chi connectivity index (χ0n) is 11.9. The zero-order chi connectivity index (χ0) is 14.7. The summed E-state index contributed by atoms with van der Waals surface area (Å²) in [6.45, 7) is 6.83. The fourth-order valence-electron chi connectivity index (χ4n) is 1.69. The van der Waals surface area contributed by atoms with E-state index in [4.69, 9.17) is 14.6 Å². The van der Waals surface area contributed by atoms with Crippen molar-refractivity contribution in [3.63, 3.8) is 0 Å². The second-order valence-electron chi connectivity index (χ2n) is 5.88. The van der Waals surface area contributed by atoms with Crippen LogP contribution in [0.25, 0.3) is 0 Å². The molecule has 19 heavy (non-hydrogen) atoms. The van der Waals surface area contributed by atoms with E-state index in [9.17, 15) is 9.90 Å². The molecule has 2 atom stereocenters. The smallest absolute Gasteiger partial charge is 0.411 e. The van der Waals surface area contributed by atoms with E-state index >= 15 is 0 Å². The third-order valence-corrected chi connectivity index (χ3v) is 2.73. The van der Waals surface area contributed by atoms with Crippen LogP contribution in [0.4, 0.5) is 4.79 Å². The molecule has 0 aromatic carbocycles. The van der Waals surface area contributed by atoms with Gasteiger partial charge in [-0.15, -0.1) is 0 Å². The van der Waals surface area contributed by atoms with E-state index in [0.717, 1.165) is 0 Å². The van der Waals surface area contributed by atoms with E-state index < -0.39 is 17.3 Å². The van der Waals surface area contributed by atoms with Crippen LogP contribution in [-0.2, 0) is 9.47 Å². The Kier molecular flexibility index (Phi) is 4.95. The summed E-state index contributed by atoms with van der Waals surface area (Å²) in [6, 6.07) is 0. The van der Waals surface area contributed by atoms with Gasteiger partial charge in [-0.25, -0.2) is 4.79 Å². The number of amides is 1. The molecule has 0 aliphatic carbocycles. The largest absolute Gasteiger partial charge is 0.444 e. The number of aliphatic hydroxyl groups excluding tert-OH is 1. The molecular weight excluding hydrogens is 250 g/mol. The van der Waals surface area contributed by atoms with E-state index in [1.165, 1.54) is 6.20 Å². The number of carbonyl (C=O) groups is 1. The number of nitrogens with one attached hydrogen (secondary N) is 1. The van der Waals surface area contributed by atoms with Crippen LogP contribution in [0.1, 0.15) is 34.1 Å². The van der Waals surface area contributed by atoms with Crippen molar-refractivity contribution in [2.75, 3.05) is 13.2 Å². The molecule has 6 heteroatoms. The highest BCUT2D eigenvalue weighted by Gasteiger charge is 2.35. The number of ether oxygens (including phenoxy) is 2. The molecule has 1 saturated heterocycles. The summed E-state index contributed by atoms with van der Waals surface area (Å²) in [5.74, 6) is 0. The molecule has 3 N–H and O–H groups in total. The Morgan fingerprint density at radius 3 is 2.79 bits per heavy atom. The molecule has 1 heterocycles. The summed E-state index contributed by atoms with van der Waals surface area (Å²) in [5, 5.41) is 21.6. The summed E-state index contributed by atoms with van der Waals surface area (Å²) >= 11 is 0. The van der Waals surface area contributed by atoms with Gasteiger partial charge in [0.1, 0.15) is 11.2 Å². The molecule has 0 radical (unpaired) electrons. The van der Waals surface area contributed by atoms with E-state index in [1.807, 2.05) is 6.92 Å². The molecule has 1 fully saturated rings. The second kappa shape index (κ2) is 5.90. The molecular formula is C13H23NO5. The van der Waals surface area contributed by atoms with Crippen LogP contribution in [0.5, 0.6) is 0 Å². The van der Waals surface area contributed by atoms with Crippen LogP contribution in [0.2, 0.25) is 0 Å². The Morgan fingerprint density at radius 2 is 2.26 bits per heavy atom. The molecule has 1 aliphatic rings. The summed E-state index contributed by atoms with van der Waals surface area (Å²) in [5.41, 5.74) is -1.15. The lowest BCUT2D eigenvalue weighted by molar-refractivity contribution is -0.112. The lowest BCUT2D eigenvalue weighted by Gasteiger charge is -2.35. The minimum Gasteiger partial charge on any atom is -0.444 e. The van der Waals surface area contributed by atoms with Crippen molar-refractivity contribution in [3.05, 3.63) is 11.8 Å². The van der Waals surface area contributed by atoms with E-state index in [-0.39, 0.29) is 25.7 Å². The Morgan fingerprint density at radius 1 is 1.63 bits per heavy atom. The molecule has 0 spiro atoms. The Labute approximate surface area is 113 Å². The quantitative estimate of drug-likeness (QED) is 0.696. The number of alkyl carbamates (subject to hydrolysis) is 1. The van der Waals surface area contributed by atoms with Crippen molar-refractivity contribution in [1.82, 2.24) is 5.32 Å². The van der Waals surface area contributed by atoms with Crippen molar-refractivity contribution in [3.8, 4) is 0 Å². The maximum atomic E-state index is 11.5. The highest BCUT2D eigenvalue weighted by molar-refractivity contribution is 5.69. The molecule has 6 nitrogen and oxygen atoms in total. The number of rotatable bonds is 2. The first kappa shape index (κ1) is 15.9. The average molecular weight is 273 g/mol. The topological polar surface area (TPSA) is 88.0 Å². The number of carbonyl (C=O) groups excluding carboxylic acids is 1. The SMILES string of the molecule is CC1OCC(O)(CO)C/C1=C\NC(=O)OC(C)(C)C. The predicted molar refractivity (Wildman–Crippen MR) is 69.5 cm³/mol. The maximum Gasteiger partial charge on any atom is 0.411 e. The monoisotopic (exact) mass is 273 g/mol. The normalized spacial score (nSPS) is 30.2. The van der Waals surface area contributed by atoms with Crippen LogP contribution in [0, 0.1) is 0 Å². The van der Waals surface area contributed by atoms with Crippen LogP contribution in [-0.4, -0.2) is 46.8 Å². The van der Waals surface area contributed by atoms with Gasteiger partial charge in [-0.2, -0.15) is 0 Å². The number of hydrogen-bond acceptors (Lipinski definition) is 5. The minimum absolute atomic E-state index is 0.0778. The van der Waals surface area contributed by atoms with Crippen molar-refractivity contribution in [2.45, 2.75) is 51.4 Å². The van der Waals surface area contributed by atoms with Crippen LogP contribution in [0.15, 0.2) is 11.8 Å². The molecule has 2 unspecified atom stereocenters. The third-order valence-electron chi connectivity index (χ3n) is 2.73. The highest BCUT2D eigenvalue weighted by Crippen LogP contribution is 2.26. The minimum atomic E-state index is -1.28. The fraction of sp³-hybridized carbons (Fsp3) is 0.769. The van der Waals surface area contributed by atoms with E-state index in [1.54, 1.807) is 20.8 Å².